The van der Waals surface area contributed by atoms with Gasteiger partial charge in [-0.2, -0.15) is 0 Å². The van der Waals surface area contributed by atoms with E-state index in [-0.39, 0.29) is 6.04 Å². The van der Waals surface area contributed by atoms with Crippen LogP contribution in [0.25, 0.3) is 0 Å². The topological polar surface area (TPSA) is 101 Å². The highest BCUT2D eigenvalue weighted by atomic mass is 16.2. The second-order valence-corrected chi connectivity index (χ2v) is 3.06. The number of nitrogens with one attached hydrogen (secondary N) is 1. The van der Waals surface area contributed by atoms with E-state index in [1.54, 1.807) is 0 Å². The van der Waals surface area contributed by atoms with E-state index in [0.29, 0.717) is 0 Å². The Morgan fingerprint density at radius 1 is 1.31 bits per heavy atom. The average molecular weight is 186 g/mol. The van der Waals surface area contributed by atoms with Gasteiger partial charge in [-0.15, -0.1) is 0 Å². The summed E-state index contributed by atoms with van der Waals surface area (Å²) < 4.78 is 0. The Labute approximate surface area is 76.2 Å². The van der Waals surface area contributed by atoms with Crippen molar-refractivity contribution in [1.29, 1.82) is 0 Å². The lowest BCUT2D eigenvalue weighted by atomic mass is 10.1. The molecule has 6 heteroatoms. The van der Waals surface area contributed by atoms with Crippen molar-refractivity contribution in [2.24, 2.45) is 11.6 Å². The summed E-state index contributed by atoms with van der Waals surface area (Å²) in [7, 11) is 0. The number of carbonyl (C=O) groups excluding carboxylic acids is 2. The number of carbonyl (C=O) groups is 2. The van der Waals surface area contributed by atoms with Crippen LogP contribution >= 0.6 is 0 Å². The molecule has 1 rings (SSSR count). The van der Waals surface area contributed by atoms with Crippen LogP contribution in [0.3, 0.4) is 0 Å². The number of hydrogen-bond donors (Lipinski definition) is 3. The number of primary amides is 1. The summed E-state index contributed by atoms with van der Waals surface area (Å²) in [5.74, 6) is 3.64. The number of hydrogen-bond acceptors (Lipinski definition) is 4. The van der Waals surface area contributed by atoms with Gasteiger partial charge in [0.05, 0.1) is 6.04 Å². The smallest absolute Gasteiger partial charge is 0.325 e. The van der Waals surface area contributed by atoms with Crippen molar-refractivity contribution < 1.29 is 9.59 Å². The van der Waals surface area contributed by atoms with E-state index in [4.69, 9.17) is 11.6 Å². The van der Waals surface area contributed by atoms with Gasteiger partial charge in [0.1, 0.15) is 0 Å². The molecule has 5 N–H and O–H groups in total. The molecule has 0 atom stereocenters. The number of hydrazine groups is 1. The van der Waals surface area contributed by atoms with Crippen molar-refractivity contribution in [3.8, 4) is 0 Å². The Kier molecular flexibility index (Phi) is 3.21. The van der Waals surface area contributed by atoms with Gasteiger partial charge in [0.2, 0.25) is 0 Å². The predicted molar refractivity (Wildman–Crippen MR) is 46.1 cm³/mol. The van der Waals surface area contributed by atoms with Gasteiger partial charge in [0, 0.05) is 0 Å². The molecule has 0 radical (unpaired) electrons. The van der Waals surface area contributed by atoms with Crippen LogP contribution in [-0.2, 0) is 9.59 Å². The second kappa shape index (κ2) is 4.20. The summed E-state index contributed by atoms with van der Waals surface area (Å²) >= 11 is 0. The normalized spacial score (nSPS) is 18.2. The van der Waals surface area contributed by atoms with Crippen LogP contribution in [0.2, 0.25) is 0 Å². The molecule has 0 aromatic rings. The monoisotopic (exact) mass is 186 g/mol. The van der Waals surface area contributed by atoms with Crippen LogP contribution in [0.15, 0.2) is 0 Å². The van der Waals surface area contributed by atoms with Gasteiger partial charge in [-0.1, -0.05) is 0 Å². The molecule has 0 saturated carbocycles. The minimum Gasteiger partial charge on any atom is -0.361 e. The molecule has 1 fully saturated rings. The average Bonchev–Trinajstić information content (AvgIpc) is 2.17. The first-order chi connectivity index (χ1) is 6.13. The summed E-state index contributed by atoms with van der Waals surface area (Å²) in [4.78, 5) is 21.6. The van der Waals surface area contributed by atoms with E-state index in [9.17, 15) is 9.59 Å². The van der Waals surface area contributed by atoms with Gasteiger partial charge in [0.15, 0.2) is 0 Å². The summed E-state index contributed by atoms with van der Waals surface area (Å²) in [6, 6.07) is -0.0683. The maximum atomic E-state index is 11.0. The van der Waals surface area contributed by atoms with Crippen molar-refractivity contribution in [1.82, 2.24) is 10.3 Å². The van der Waals surface area contributed by atoms with E-state index >= 15 is 0 Å². The zero-order chi connectivity index (χ0) is 9.84. The van der Waals surface area contributed by atoms with Crippen LogP contribution in [0.5, 0.6) is 0 Å². The van der Waals surface area contributed by atoms with Crippen LogP contribution in [0.1, 0.15) is 12.8 Å². The summed E-state index contributed by atoms with van der Waals surface area (Å²) in [5.41, 5.74) is 4.82. The van der Waals surface area contributed by atoms with E-state index in [2.05, 4.69) is 5.32 Å². The largest absolute Gasteiger partial charge is 0.361 e. The van der Waals surface area contributed by atoms with Gasteiger partial charge in [0.25, 0.3) is 0 Å². The molecular formula is C7H14N4O2. The molecule has 6 nitrogen and oxygen atoms in total. The third kappa shape index (κ3) is 2.40. The molecule has 13 heavy (non-hydrogen) atoms. The Balaban J connectivity index is 2.49. The van der Waals surface area contributed by atoms with Crippen molar-refractivity contribution in [2.45, 2.75) is 18.9 Å². The van der Waals surface area contributed by atoms with Crippen LogP contribution in [0.4, 0.5) is 0 Å². The fraction of sp³-hybridized carbons (Fsp3) is 0.714. The van der Waals surface area contributed by atoms with Gasteiger partial charge in [-0.05, 0) is 25.9 Å². The molecule has 1 aliphatic heterocycles. The first-order valence-electron chi connectivity index (χ1n) is 4.21. The summed E-state index contributed by atoms with van der Waals surface area (Å²) in [5, 5.41) is 4.08. The highest BCUT2D eigenvalue weighted by molar-refractivity contribution is 6.34. The first kappa shape index (κ1) is 9.94. The number of nitrogens with two attached hydrogens (primary N) is 2. The molecule has 0 bridgehead atoms. The second-order valence-electron chi connectivity index (χ2n) is 3.06. The number of rotatable bonds is 1. The zero-order valence-electron chi connectivity index (χ0n) is 7.32. The standard InChI is InChI=1S/C7H14N4O2/c8-6(12)7(13)11(9)5-1-3-10-4-2-5/h5,10H,1-4,9H2,(H2,8,12). The van der Waals surface area contributed by atoms with Crippen molar-refractivity contribution in [3.63, 3.8) is 0 Å². The molecular weight excluding hydrogens is 172 g/mol. The predicted octanol–water partition coefficient (Wildman–Crippen LogP) is -2.07. The zero-order valence-corrected chi connectivity index (χ0v) is 7.32. The van der Waals surface area contributed by atoms with Crippen LogP contribution in [0, 0.1) is 0 Å². The number of nitrogens with zero attached hydrogens (tertiary/aromatic N) is 1. The van der Waals surface area contributed by atoms with E-state index in [0.717, 1.165) is 30.9 Å². The third-order valence-electron chi connectivity index (χ3n) is 2.15. The first-order valence-corrected chi connectivity index (χ1v) is 4.21. The Morgan fingerprint density at radius 3 is 2.31 bits per heavy atom. The molecule has 2 amide bonds. The lowest BCUT2D eigenvalue weighted by molar-refractivity contribution is -0.146. The molecule has 74 valence electrons. The molecule has 0 spiro atoms. The Morgan fingerprint density at radius 2 is 1.85 bits per heavy atom. The summed E-state index contributed by atoms with van der Waals surface area (Å²) in [6.45, 7) is 1.62. The Hall–Kier alpha value is -1.14. The maximum absolute atomic E-state index is 11.0. The van der Waals surface area contributed by atoms with Crippen molar-refractivity contribution in [3.05, 3.63) is 0 Å². The van der Waals surface area contributed by atoms with Gasteiger partial charge in [-0.3, -0.25) is 14.6 Å². The fourth-order valence-corrected chi connectivity index (χ4v) is 1.38. The van der Waals surface area contributed by atoms with Crippen LogP contribution < -0.4 is 16.9 Å². The lowest BCUT2D eigenvalue weighted by Crippen LogP contribution is -2.53. The molecule has 1 heterocycles. The van der Waals surface area contributed by atoms with Gasteiger partial charge in [-0.25, -0.2) is 5.84 Å². The van der Waals surface area contributed by atoms with E-state index in [1.165, 1.54) is 0 Å². The van der Waals surface area contributed by atoms with Crippen molar-refractivity contribution >= 4 is 11.8 Å². The van der Waals surface area contributed by atoms with Gasteiger partial charge < -0.3 is 11.1 Å². The fourth-order valence-electron chi connectivity index (χ4n) is 1.38. The highest BCUT2D eigenvalue weighted by Gasteiger charge is 2.25. The molecule has 0 unspecified atom stereocenters. The third-order valence-corrected chi connectivity index (χ3v) is 2.15. The molecule has 0 aliphatic carbocycles. The highest BCUT2D eigenvalue weighted by Crippen LogP contribution is 2.07. The summed E-state index contributed by atoms with van der Waals surface area (Å²) in [6.07, 6.45) is 1.52. The quantitative estimate of drug-likeness (QED) is 0.189. The van der Waals surface area contributed by atoms with Gasteiger partial charge >= 0.3 is 11.8 Å². The molecule has 0 aromatic carbocycles. The van der Waals surface area contributed by atoms with Crippen molar-refractivity contribution in [2.75, 3.05) is 13.1 Å². The number of piperidine rings is 1. The minimum atomic E-state index is -0.999. The van der Waals surface area contributed by atoms with E-state index < -0.39 is 11.8 Å². The van der Waals surface area contributed by atoms with Crippen LogP contribution in [-0.4, -0.2) is 36.0 Å². The maximum Gasteiger partial charge on any atom is 0.325 e. The minimum absolute atomic E-state index is 0.0683. The number of amides is 2. The molecule has 0 aromatic heterocycles. The lowest BCUT2D eigenvalue weighted by Gasteiger charge is -2.29. The SMILES string of the molecule is NC(=O)C(=O)N(N)C1CCNCC1. The molecule has 1 aliphatic rings. The van der Waals surface area contributed by atoms with E-state index in [1.807, 2.05) is 0 Å². The molecule has 1 saturated heterocycles. The Bertz CT molecular complexity index is 213.